The first-order valence-electron chi connectivity index (χ1n) is 7.57. The van der Waals surface area contributed by atoms with Crippen molar-refractivity contribution in [3.8, 4) is 0 Å². The van der Waals surface area contributed by atoms with Crippen molar-refractivity contribution in [2.75, 3.05) is 31.6 Å². The molecule has 0 saturated carbocycles. The van der Waals surface area contributed by atoms with Gasteiger partial charge in [0.25, 0.3) is 0 Å². The average Bonchev–Trinajstić information content (AvgIpc) is 2.48. The van der Waals surface area contributed by atoms with Crippen LogP contribution in [0.25, 0.3) is 0 Å². The maximum Gasteiger partial charge on any atom is 0.306 e. The first-order valence-corrected chi connectivity index (χ1v) is 7.57. The van der Waals surface area contributed by atoms with Crippen LogP contribution in [0.3, 0.4) is 0 Å². The van der Waals surface area contributed by atoms with E-state index in [0.29, 0.717) is 12.8 Å². The van der Waals surface area contributed by atoms with Gasteiger partial charge in [0.15, 0.2) is 0 Å². The highest BCUT2D eigenvalue weighted by Gasteiger charge is 2.27. The number of fused-ring (bicyclic) bond motifs is 1. The van der Waals surface area contributed by atoms with Gasteiger partial charge in [0.1, 0.15) is 0 Å². The summed E-state index contributed by atoms with van der Waals surface area (Å²) in [7, 11) is 2.12. The summed E-state index contributed by atoms with van der Waals surface area (Å²) in [6.45, 7) is 5.46. The number of carbonyl (C=O) groups is 1. The lowest BCUT2D eigenvalue weighted by molar-refractivity contribution is -0.142. The van der Waals surface area contributed by atoms with Gasteiger partial charge < -0.3 is 14.9 Å². The number of piperidine rings is 1. The predicted molar refractivity (Wildman–Crippen MR) is 79.4 cm³/mol. The first kappa shape index (κ1) is 14.3. The Morgan fingerprint density at radius 3 is 2.62 bits per heavy atom. The molecule has 0 spiro atoms. The number of rotatable bonds is 2. The Morgan fingerprint density at radius 2 is 1.95 bits per heavy atom. The van der Waals surface area contributed by atoms with Crippen molar-refractivity contribution >= 4 is 11.9 Å². The molecule has 3 rings (SSSR count). The highest BCUT2D eigenvalue weighted by atomic mass is 16.4. The molecule has 21 heavy (non-hydrogen) atoms. The largest absolute Gasteiger partial charge is 0.481 e. The number of aryl methyl sites for hydroxylation is 1. The maximum absolute atomic E-state index is 11.0. The maximum atomic E-state index is 11.0. The number of anilines is 1. The Labute approximate surface area is 124 Å². The smallest absolute Gasteiger partial charge is 0.306 e. The summed E-state index contributed by atoms with van der Waals surface area (Å²) in [5.41, 5.74) is 3.48. The summed E-state index contributed by atoms with van der Waals surface area (Å²) in [5, 5.41) is 9.07. The first-order chi connectivity index (χ1) is 10.0. The molecule has 6 nitrogen and oxygen atoms in total. The third-order valence-electron chi connectivity index (χ3n) is 4.57. The quantitative estimate of drug-likeness (QED) is 0.879. The summed E-state index contributed by atoms with van der Waals surface area (Å²) >= 11 is 0. The molecule has 3 heterocycles. The monoisotopic (exact) mass is 290 g/mol. The number of hydrogen-bond donors (Lipinski definition) is 1. The molecule has 0 radical (unpaired) electrons. The molecule has 114 valence electrons. The average molecular weight is 290 g/mol. The number of hydrogen-bond acceptors (Lipinski definition) is 5. The van der Waals surface area contributed by atoms with Crippen LogP contribution in [0.5, 0.6) is 0 Å². The fraction of sp³-hybridized carbons (Fsp3) is 0.667. The van der Waals surface area contributed by atoms with E-state index in [1.165, 1.54) is 5.56 Å². The Balaban J connectivity index is 1.78. The minimum Gasteiger partial charge on any atom is -0.481 e. The molecule has 0 bridgehead atoms. The van der Waals surface area contributed by atoms with Crippen LogP contribution in [0.1, 0.15) is 29.8 Å². The Bertz CT molecular complexity index is 553. The van der Waals surface area contributed by atoms with E-state index >= 15 is 0 Å². The minimum absolute atomic E-state index is 0.214. The third kappa shape index (κ3) is 2.85. The van der Waals surface area contributed by atoms with Gasteiger partial charge in [-0.15, -0.1) is 0 Å². The van der Waals surface area contributed by atoms with E-state index in [2.05, 4.69) is 21.8 Å². The molecule has 0 aromatic carbocycles. The summed E-state index contributed by atoms with van der Waals surface area (Å²) in [6, 6.07) is 0. The van der Waals surface area contributed by atoms with Gasteiger partial charge in [-0.1, -0.05) is 0 Å². The molecule has 2 aliphatic heterocycles. The Kier molecular flexibility index (Phi) is 3.80. The molecular weight excluding hydrogens is 268 g/mol. The standard InChI is InChI=1S/C15H22N4O2/c1-10-12-9-18(2)6-5-13(12)17-15(16-10)19-7-3-11(4-8-19)14(20)21/h11H,3-9H2,1-2H3,(H,20,21). The van der Waals surface area contributed by atoms with Crippen molar-refractivity contribution in [3.63, 3.8) is 0 Å². The van der Waals surface area contributed by atoms with E-state index in [9.17, 15) is 4.79 Å². The van der Waals surface area contributed by atoms with Gasteiger partial charge in [-0.3, -0.25) is 4.79 Å². The van der Waals surface area contributed by atoms with E-state index < -0.39 is 5.97 Å². The van der Waals surface area contributed by atoms with Crippen LogP contribution in [0.2, 0.25) is 0 Å². The van der Waals surface area contributed by atoms with Crippen molar-refractivity contribution in [2.45, 2.75) is 32.7 Å². The normalized spacial score (nSPS) is 20.4. The zero-order valence-corrected chi connectivity index (χ0v) is 12.7. The van der Waals surface area contributed by atoms with Crippen LogP contribution in [0.4, 0.5) is 5.95 Å². The van der Waals surface area contributed by atoms with Gasteiger partial charge in [0, 0.05) is 43.9 Å². The van der Waals surface area contributed by atoms with Gasteiger partial charge in [0.05, 0.1) is 11.6 Å². The third-order valence-corrected chi connectivity index (χ3v) is 4.57. The highest BCUT2D eigenvalue weighted by molar-refractivity contribution is 5.70. The van der Waals surface area contributed by atoms with Gasteiger partial charge in [-0.25, -0.2) is 9.97 Å². The number of carboxylic acid groups (broad SMARTS) is 1. The molecule has 2 aliphatic rings. The SMILES string of the molecule is Cc1nc(N2CCC(C(=O)O)CC2)nc2c1CN(C)CC2. The van der Waals surface area contributed by atoms with Gasteiger partial charge >= 0.3 is 5.97 Å². The molecule has 0 amide bonds. The summed E-state index contributed by atoms with van der Waals surface area (Å²) in [4.78, 5) is 24.8. The van der Waals surface area contributed by atoms with Crippen molar-refractivity contribution < 1.29 is 9.90 Å². The molecule has 0 unspecified atom stereocenters. The van der Waals surface area contributed by atoms with Gasteiger partial charge in [0.2, 0.25) is 5.95 Å². The number of aromatic nitrogens is 2. The number of nitrogens with zero attached hydrogens (tertiary/aromatic N) is 4. The second-order valence-corrected chi connectivity index (χ2v) is 6.12. The Morgan fingerprint density at radius 1 is 1.24 bits per heavy atom. The van der Waals surface area contributed by atoms with Gasteiger partial charge in [-0.2, -0.15) is 0 Å². The van der Waals surface area contributed by atoms with Crippen LogP contribution in [-0.4, -0.2) is 52.6 Å². The molecule has 0 aliphatic carbocycles. The predicted octanol–water partition coefficient (Wildman–Crippen LogP) is 1.07. The lowest BCUT2D eigenvalue weighted by Gasteiger charge is -2.32. The van der Waals surface area contributed by atoms with Crippen LogP contribution < -0.4 is 4.90 Å². The second kappa shape index (κ2) is 5.60. The van der Waals surface area contributed by atoms with Crippen LogP contribution in [-0.2, 0) is 17.8 Å². The number of likely N-dealkylation sites (N-methyl/N-ethyl adjacent to an activating group) is 1. The van der Waals surface area contributed by atoms with E-state index in [1.54, 1.807) is 0 Å². The highest BCUT2D eigenvalue weighted by Crippen LogP contribution is 2.25. The molecule has 1 aromatic heterocycles. The zero-order valence-electron chi connectivity index (χ0n) is 12.7. The Hall–Kier alpha value is -1.69. The lowest BCUT2D eigenvalue weighted by atomic mass is 9.97. The summed E-state index contributed by atoms with van der Waals surface area (Å²) in [5.74, 6) is -0.117. The molecule has 1 saturated heterocycles. The number of carboxylic acids is 1. The second-order valence-electron chi connectivity index (χ2n) is 6.12. The van der Waals surface area contributed by atoms with E-state index in [4.69, 9.17) is 10.1 Å². The molecule has 1 aromatic rings. The molecule has 6 heteroatoms. The lowest BCUT2D eigenvalue weighted by Crippen LogP contribution is -2.38. The van der Waals surface area contributed by atoms with E-state index in [1.807, 2.05) is 6.92 Å². The topological polar surface area (TPSA) is 69.6 Å². The fourth-order valence-electron chi connectivity index (χ4n) is 3.17. The molecular formula is C15H22N4O2. The zero-order chi connectivity index (χ0) is 15.0. The molecule has 1 N–H and O–H groups in total. The van der Waals surface area contributed by atoms with Crippen LogP contribution in [0.15, 0.2) is 0 Å². The number of aliphatic carboxylic acids is 1. The minimum atomic E-state index is -0.680. The van der Waals surface area contributed by atoms with Crippen LogP contribution >= 0.6 is 0 Å². The van der Waals surface area contributed by atoms with Crippen LogP contribution in [0, 0.1) is 12.8 Å². The van der Waals surface area contributed by atoms with Crippen molar-refractivity contribution in [3.05, 3.63) is 17.0 Å². The summed E-state index contributed by atoms with van der Waals surface area (Å²) in [6.07, 6.45) is 2.32. The fourth-order valence-corrected chi connectivity index (χ4v) is 3.17. The van der Waals surface area contributed by atoms with Crippen molar-refractivity contribution in [2.24, 2.45) is 5.92 Å². The van der Waals surface area contributed by atoms with Crippen molar-refractivity contribution in [1.82, 2.24) is 14.9 Å². The van der Waals surface area contributed by atoms with E-state index in [-0.39, 0.29) is 5.92 Å². The summed E-state index contributed by atoms with van der Waals surface area (Å²) < 4.78 is 0. The molecule has 1 fully saturated rings. The van der Waals surface area contributed by atoms with Gasteiger partial charge in [-0.05, 0) is 26.8 Å². The van der Waals surface area contributed by atoms with E-state index in [0.717, 1.165) is 49.9 Å². The molecule has 0 atom stereocenters. The van der Waals surface area contributed by atoms with Crippen molar-refractivity contribution in [1.29, 1.82) is 0 Å².